The standard InChI is InChI=1S/C22H45NO2/c1-4-7-10-12-15-20(16-14-18-21(23)17-9-6-3)22(24)25-19-13-11-8-5-2/h20-21H,4-19,23H2,1-3H3. The summed E-state index contributed by atoms with van der Waals surface area (Å²) in [6.07, 6.45) is 17.0. The highest BCUT2D eigenvalue weighted by Crippen LogP contribution is 2.20. The molecule has 3 nitrogen and oxygen atoms in total. The Kier molecular flexibility index (Phi) is 17.8. The van der Waals surface area contributed by atoms with Gasteiger partial charge in [-0.2, -0.15) is 0 Å². The lowest BCUT2D eigenvalue weighted by Crippen LogP contribution is -2.22. The minimum Gasteiger partial charge on any atom is -0.465 e. The van der Waals surface area contributed by atoms with E-state index in [-0.39, 0.29) is 11.9 Å². The van der Waals surface area contributed by atoms with Gasteiger partial charge in [0, 0.05) is 6.04 Å². The number of nitrogens with two attached hydrogens (primary N) is 1. The number of ether oxygens (including phenoxy) is 1. The molecule has 0 rings (SSSR count). The summed E-state index contributed by atoms with van der Waals surface area (Å²) in [4.78, 5) is 12.4. The van der Waals surface area contributed by atoms with E-state index in [2.05, 4.69) is 20.8 Å². The SMILES string of the molecule is CCCCCCOC(=O)C(CCCCCC)CCCC(N)CCCC. The highest BCUT2D eigenvalue weighted by Gasteiger charge is 2.19. The van der Waals surface area contributed by atoms with Crippen LogP contribution in [0.2, 0.25) is 0 Å². The molecule has 0 amide bonds. The van der Waals surface area contributed by atoms with E-state index >= 15 is 0 Å². The summed E-state index contributed by atoms with van der Waals surface area (Å²) >= 11 is 0. The average Bonchev–Trinajstić information content (AvgIpc) is 2.61. The van der Waals surface area contributed by atoms with Crippen molar-refractivity contribution in [1.29, 1.82) is 0 Å². The van der Waals surface area contributed by atoms with Crippen LogP contribution in [0.4, 0.5) is 0 Å². The highest BCUT2D eigenvalue weighted by molar-refractivity contribution is 5.72. The minimum atomic E-state index is 0.0372. The molecule has 0 aliphatic rings. The fraction of sp³-hybridized carbons (Fsp3) is 0.955. The van der Waals surface area contributed by atoms with Crippen LogP contribution in [0.15, 0.2) is 0 Å². The second kappa shape index (κ2) is 18.2. The van der Waals surface area contributed by atoms with Gasteiger partial charge in [-0.25, -0.2) is 0 Å². The maximum Gasteiger partial charge on any atom is 0.308 e. The van der Waals surface area contributed by atoms with Crippen molar-refractivity contribution in [3.63, 3.8) is 0 Å². The number of unbranched alkanes of at least 4 members (excludes halogenated alkanes) is 7. The monoisotopic (exact) mass is 355 g/mol. The van der Waals surface area contributed by atoms with Gasteiger partial charge in [-0.1, -0.05) is 85.0 Å². The Bertz CT molecular complexity index is 294. The van der Waals surface area contributed by atoms with Crippen molar-refractivity contribution in [3.05, 3.63) is 0 Å². The van der Waals surface area contributed by atoms with Crippen LogP contribution in [0, 0.1) is 5.92 Å². The molecular formula is C22H45NO2. The van der Waals surface area contributed by atoms with E-state index in [0.29, 0.717) is 12.6 Å². The molecule has 2 unspecified atom stereocenters. The maximum atomic E-state index is 12.4. The van der Waals surface area contributed by atoms with Gasteiger partial charge in [-0.05, 0) is 32.1 Å². The van der Waals surface area contributed by atoms with Gasteiger partial charge in [0.05, 0.1) is 12.5 Å². The Morgan fingerprint density at radius 3 is 1.92 bits per heavy atom. The third-order valence-electron chi connectivity index (χ3n) is 5.04. The molecule has 0 spiro atoms. The summed E-state index contributed by atoms with van der Waals surface area (Å²) in [5.74, 6) is 0.122. The summed E-state index contributed by atoms with van der Waals surface area (Å²) in [5, 5.41) is 0. The highest BCUT2D eigenvalue weighted by atomic mass is 16.5. The van der Waals surface area contributed by atoms with Gasteiger partial charge in [-0.3, -0.25) is 4.79 Å². The van der Waals surface area contributed by atoms with Gasteiger partial charge in [0.1, 0.15) is 0 Å². The zero-order valence-corrected chi connectivity index (χ0v) is 17.4. The topological polar surface area (TPSA) is 52.3 Å². The smallest absolute Gasteiger partial charge is 0.308 e. The molecule has 2 N–H and O–H groups in total. The van der Waals surface area contributed by atoms with E-state index in [1.54, 1.807) is 0 Å². The first-order valence-corrected chi connectivity index (χ1v) is 11.1. The minimum absolute atomic E-state index is 0.0372. The van der Waals surface area contributed by atoms with E-state index < -0.39 is 0 Å². The predicted molar refractivity (Wildman–Crippen MR) is 109 cm³/mol. The van der Waals surface area contributed by atoms with Crippen LogP contribution in [0.1, 0.15) is 117 Å². The predicted octanol–water partition coefficient (Wildman–Crippen LogP) is 6.38. The molecule has 0 fully saturated rings. The molecule has 0 saturated heterocycles. The molecule has 2 atom stereocenters. The second-order valence-electron chi connectivity index (χ2n) is 7.61. The van der Waals surface area contributed by atoms with Crippen LogP contribution in [0.3, 0.4) is 0 Å². The van der Waals surface area contributed by atoms with Gasteiger partial charge in [-0.15, -0.1) is 0 Å². The maximum absolute atomic E-state index is 12.4. The third-order valence-corrected chi connectivity index (χ3v) is 5.04. The first kappa shape index (κ1) is 24.4. The Morgan fingerprint density at radius 1 is 0.720 bits per heavy atom. The van der Waals surface area contributed by atoms with Gasteiger partial charge in [0.15, 0.2) is 0 Å². The van der Waals surface area contributed by atoms with Crippen molar-refractivity contribution in [2.24, 2.45) is 11.7 Å². The van der Waals surface area contributed by atoms with Crippen molar-refractivity contribution in [3.8, 4) is 0 Å². The summed E-state index contributed by atoms with van der Waals surface area (Å²) in [7, 11) is 0. The van der Waals surface area contributed by atoms with E-state index in [0.717, 1.165) is 51.4 Å². The lowest BCUT2D eigenvalue weighted by atomic mass is 9.93. The van der Waals surface area contributed by atoms with Crippen LogP contribution < -0.4 is 5.73 Å². The Morgan fingerprint density at radius 2 is 1.28 bits per heavy atom. The van der Waals surface area contributed by atoms with Crippen molar-refractivity contribution < 1.29 is 9.53 Å². The van der Waals surface area contributed by atoms with Gasteiger partial charge in [0.25, 0.3) is 0 Å². The van der Waals surface area contributed by atoms with Crippen molar-refractivity contribution in [2.45, 2.75) is 123 Å². The van der Waals surface area contributed by atoms with Crippen LogP contribution in [-0.2, 0) is 9.53 Å². The average molecular weight is 356 g/mol. The fourth-order valence-electron chi connectivity index (χ4n) is 3.25. The number of hydrogen-bond acceptors (Lipinski definition) is 3. The first-order chi connectivity index (χ1) is 12.2. The molecule has 0 aliphatic heterocycles. The Labute approximate surface area is 157 Å². The molecule has 25 heavy (non-hydrogen) atoms. The number of carbonyl (C=O) groups excluding carboxylic acids is 1. The number of rotatable bonds is 18. The zero-order chi connectivity index (χ0) is 18.8. The first-order valence-electron chi connectivity index (χ1n) is 11.1. The van der Waals surface area contributed by atoms with E-state index in [4.69, 9.17) is 10.5 Å². The van der Waals surface area contributed by atoms with Crippen LogP contribution in [0.25, 0.3) is 0 Å². The summed E-state index contributed by atoms with van der Waals surface area (Å²) in [6.45, 7) is 7.22. The molecule has 0 aromatic carbocycles. The molecule has 3 heteroatoms. The second-order valence-corrected chi connectivity index (χ2v) is 7.61. The van der Waals surface area contributed by atoms with E-state index in [1.807, 2.05) is 0 Å². The largest absolute Gasteiger partial charge is 0.465 e. The van der Waals surface area contributed by atoms with Crippen molar-refractivity contribution in [2.75, 3.05) is 6.61 Å². The number of hydrogen-bond donors (Lipinski definition) is 1. The molecule has 0 radical (unpaired) electrons. The third kappa shape index (κ3) is 15.4. The summed E-state index contributed by atoms with van der Waals surface area (Å²) in [6, 6.07) is 0.297. The molecule has 0 heterocycles. The van der Waals surface area contributed by atoms with Crippen LogP contribution in [-0.4, -0.2) is 18.6 Å². The van der Waals surface area contributed by atoms with Gasteiger partial charge < -0.3 is 10.5 Å². The Balaban J connectivity index is 4.12. The Hall–Kier alpha value is -0.570. The molecule has 0 aromatic rings. The van der Waals surface area contributed by atoms with E-state index in [9.17, 15) is 4.79 Å². The summed E-state index contributed by atoms with van der Waals surface area (Å²) < 4.78 is 5.56. The lowest BCUT2D eigenvalue weighted by molar-refractivity contribution is -0.149. The van der Waals surface area contributed by atoms with E-state index in [1.165, 1.54) is 44.9 Å². The van der Waals surface area contributed by atoms with Crippen LogP contribution >= 0.6 is 0 Å². The van der Waals surface area contributed by atoms with Crippen molar-refractivity contribution in [1.82, 2.24) is 0 Å². The molecule has 0 aliphatic carbocycles. The van der Waals surface area contributed by atoms with Gasteiger partial charge in [0.2, 0.25) is 0 Å². The van der Waals surface area contributed by atoms with Gasteiger partial charge >= 0.3 is 5.97 Å². The molecule has 0 bridgehead atoms. The molecule has 0 aromatic heterocycles. The quantitative estimate of drug-likeness (QED) is 0.229. The summed E-state index contributed by atoms with van der Waals surface area (Å²) in [5.41, 5.74) is 6.17. The molecular weight excluding hydrogens is 310 g/mol. The number of esters is 1. The number of carbonyl (C=O) groups is 1. The van der Waals surface area contributed by atoms with Crippen LogP contribution in [0.5, 0.6) is 0 Å². The molecule has 150 valence electrons. The fourth-order valence-corrected chi connectivity index (χ4v) is 3.25. The normalized spacial score (nSPS) is 13.6. The molecule has 0 saturated carbocycles. The van der Waals surface area contributed by atoms with Crippen molar-refractivity contribution >= 4 is 5.97 Å². The lowest BCUT2D eigenvalue weighted by Gasteiger charge is -2.17. The zero-order valence-electron chi connectivity index (χ0n) is 17.4.